The summed E-state index contributed by atoms with van der Waals surface area (Å²) in [5, 5.41) is 2.91. The van der Waals surface area contributed by atoms with E-state index in [1.165, 1.54) is 5.75 Å². The second kappa shape index (κ2) is 7.35. The molecule has 82 valence electrons. The lowest BCUT2D eigenvalue weighted by Crippen LogP contribution is -2.24. The third-order valence-electron chi connectivity index (χ3n) is 2.10. The van der Waals surface area contributed by atoms with Crippen LogP contribution in [0.3, 0.4) is 0 Å². The van der Waals surface area contributed by atoms with E-state index in [0.29, 0.717) is 0 Å². The zero-order chi connectivity index (χ0) is 10.9. The fourth-order valence-electron chi connectivity index (χ4n) is 1.26. The number of hydrogen-bond donors (Lipinski definition) is 1. The molecule has 0 aromatic heterocycles. The summed E-state index contributed by atoms with van der Waals surface area (Å²) in [5.41, 5.74) is 0.738. The highest BCUT2D eigenvalue weighted by Crippen LogP contribution is 2.00. The molecular weight excluding hydrogens is 206 g/mol. The number of carbonyl (C=O) groups is 1. The molecule has 3 heteroatoms. The van der Waals surface area contributed by atoms with E-state index in [1.54, 1.807) is 0 Å². The Hall–Kier alpha value is -0.960. The van der Waals surface area contributed by atoms with Crippen LogP contribution >= 0.6 is 11.8 Å². The van der Waals surface area contributed by atoms with Gasteiger partial charge < -0.3 is 5.32 Å². The van der Waals surface area contributed by atoms with E-state index in [-0.39, 0.29) is 5.91 Å². The maximum atomic E-state index is 11.6. The molecule has 0 saturated carbocycles. The molecule has 1 aromatic carbocycles. The number of hydrogen-bond acceptors (Lipinski definition) is 2. The average molecular weight is 223 g/mol. The zero-order valence-corrected chi connectivity index (χ0v) is 9.85. The topological polar surface area (TPSA) is 29.1 Å². The summed E-state index contributed by atoms with van der Waals surface area (Å²) in [7, 11) is 0. The van der Waals surface area contributed by atoms with Gasteiger partial charge in [-0.05, 0) is 37.0 Å². The normalized spacial score (nSPS) is 9.93. The van der Waals surface area contributed by atoms with Crippen LogP contribution in [0.15, 0.2) is 30.3 Å². The Balaban J connectivity index is 2.20. The molecule has 0 radical (unpaired) electrons. The van der Waals surface area contributed by atoms with E-state index in [0.717, 1.165) is 24.9 Å². The minimum absolute atomic E-state index is 0.0275. The van der Waals surface area contributed by atoms with Crippen molar-refractivity contribution in [2.24, 2.45) is 0 Å². The van der Waals surface area contributed by atoms with E-state index in [2.05, 4.69) is 11.6 Å². The second-order valence-corrected chi connectivity index (χ2v) is 4.31. The van der Waals surface area contributed by atoms with Crippen LogP contribution in [0.4, 0.5) is 0 Å². The first-order valence-corrected chi connectivity index (χ1v) is 6.56. The van der Waals surface area contributed by atoms with Gasteiger partial charge in [0.15, 0.2) is 0 Å². The predicted molar refractivity (Wildman–Crippen MR) is 66.4 cm³/mol. The summed E-state index contributed by atoms with van der Waals surface area (Å²) in [6, 6.07) is 9.33. The highest BCUT2D eigenvalue weighted by Gasteiger charge is 2.01. The van der Waals surface area contributed by atoms with Gasteiger partial charge in [0.1, 0.15) is 0 Å². The first-order valence-electron chi connectivity index (χ1n) is 5.17. The summed E-state index contributed by atoms with van der Waals surface area (Å²) in [4.78, 5) is 11.6. The number of thioether (sulfide) groups is 1. The van der Waals surface area contributed by atoms with Crippen molar-refractivity contribution in [2.45, 2.75) is 12.8 Å². The molecule has 0 fully saturated rings. The van der Waals surface area contributed by atoms with Crippen molar-refractivity contribution >= 4 is 17.7 Å². The van der Waals surface area contributed by atoms with Gasteiger partial charge in [-0.25, -0.2) is 0 Å². The molecule has 0 bridgehead atoms. The van der Waals surface area contributed by atoms with Gasteiger partial charge in [-0.3, -0.25) is 4.79 Å². The molecule has 1 rings (SSSR count). The van der Waals surface area contributed by atoms with Crippen molar-refractivity contribution in [1.29, 1.82) is 0 Å². The number of benzene rings is 1. The molecular formula is C12H17NOS. The molecule has 0 spiro atoms. The summed E-state index contributed by atoms with van der Waals surface area (Å²) < 4.78 is 0. The van der Waals surface area contributed by atoms with E-state index in [1.807, 2.05) is 42.1 Å². The van der Waals surface area contributed by atoms with Gasteiger partial charge in [-0.15, -0.1) is 0 Å². The van der Waals surface area contributed by atoms with Crippen LogP contribution in [0.5, 0.6) is 0 Å². The monoisotopic (exact) mass is 223 g/mol. The second-order valence-electron chi connectivity index (χ2n) is 3.32. The van der Waals surface area contributed by atoms with Gasteiger partial charge in [0, 0.05) is 12.1 Å². The van der Waals surface area contributed by atoms with Crippen LogP contribution in [0.2, 0.25) is 0 Å². The van der Waals surface area contributed by atoms with Gasteiger partial charge in [-0.1, -0.05) is 18.2 Å². The number of carbonyl (C=O) groups excluding carboxylic acids is 1. The highest BCUT2D eigenvalue weighted by atomic mass is 32.2. The SMILES string of the molecule is CSCCCCNC(=O)c1ccccc1. The van der Waals surface area contributed by atoms with Crippen molar-refractivity contribution in [2.75, 3.05) is 18.6 Å². The Morgan fingerprint density at radius 3 is 2.67 bits per heavy atom. The average Bonchev–Trinajstić information content (AvgIpc) is 2.30. The molecule has 0 heterocycles. The summed E-state index contributed by atoms with van der Waals surface area (Å²) >= 11 is 1.84. The molecule has 1 aromatic rings. The van der Waals surface area contributed by atoms with E-state index >= 15 is 0 Å². The van der Waals surface area contributed by atoms with Crippen LogP contribution < -0.4 is 5.32 Å². The number of amides is 1. The largest absolute Gasteiger partial charge is 0.352 e. The number of nitrogens with one attached hydrogen (secondary N) is 1. The lowest BCUT2D eigenvalue weighted by molar-refractivity contribution is 0.0953. The highest BCUT2D eigenvalue weighted by molar-refractivity contribution is 7.98. The first kappa shape index (κ1) is 12.1. The summed E-state index contributed by atoms with van der Waals surface area (Å²) in [6.45, 7) is 0.772. The molecule has 0 aliphatic heterocycles. The molecule has 1 N–H and O–H groups in total. The minimum atomic E-state index is 0.0275. The molecule has 0 unspecified atom stereocenters. The van der Waals surface area contributed by atoms with E-state index in [4.69, 9.17) is 0 Å². The Bertz CT molecular complexity index is 287. The Morgan fingerprint density at radius 2 is 2.00 bits per heavy atom. The van der Waals surface area contributed by atoms with E-state index in [9.17, 15) is 4.79 Å². The third kappa shape index (κ3) is 4.88. The lowest BCUT2D eigenvalue weighted by atomic mass is 10.2. The van der Waals surface area contributed by atoms with Gasteiger partial charge in [0.25, 0.3) is 5.91 Å². The van der Waals surface area contributed by atoms with Crippen molar-refractivity contribution in [3.8, 4) is 0 Å². The molecule has 0 aliphatic rings. The molecule has 0 aliphatic carbocycles. The van der Waals surface area contributed by atoms with Crippen LogP contribution in [-0.4, -0.2) is 24.5 Å². The summed E-state index contributed by atoms with van der Waals surface area (Å²) in [5.74, 6) is 1.20. The molecule has 0 atom stereocenters. The smallest absolute Gasteiger partial charge is 0.251 e. The van der Waals surface area contributed by atoms with Crippen LogP contribution in [0, 0.1) is 0 Å². The van der Waals surface area contributed by atoms with Crippen LogP contribution in [0.1, 0.15) is 23.2 Å². The standard InChI is InChI=1S/C12H17NOS/c1-15-10-6-5-9-13-12(14)11-7-3-2-4-8-11/h2-4,7-8H,5-6,9-10H2,1H3,(H,13,14). The summed E-state index contributed by atoms with van der Waals surface area (Å²) in [6.07, 6.45) is 4.32. The van der Waals surface area contributed by atoms with Gasteiger partial charge >= 0.3 is 0 Å². The van der Waals surface area contributed by atoms with Crippen LogP contribution in [0.25, 0.3) is 0 Å². The van der Waals surface area contributed by atoms with Gasteiger partial charge in [0.2, 0.25) is 0 Å². The Morgan fingerprint density at radius 1 is 1.27 bits per heavy atom. The van der Waals surface area contributed by atoms with Crippen molar-refractivity contribution in [3.05, 3.63) is 35.9 Å². The minimum Gasteiger partial charge on any atom is -0.352 e. The predicted octanol–water partition coefficient (Wildman–Crippen LogP) is 2.56. The lowest BCUT2D eigenvalue weighted by Gasteiger charge is -2.04. The fourth-order valence-corrected chi connectivity index (χ4v) is 1.76. The van der Waals surface area contributed by atoms with Crippen molar-refractivity contribution in [3.63, 3.8) is 0 Å². The quantitative estimate of drug-likeness (QED) is 0.751. The maximum absolute atomic E-state index is 11.6. The first-order chi connectivity index (χ1) is 7.34. The van der Waals surface area contributed by atoms with Crippen molar-refractivity contribution in [1.82, 2.24) is 5.32 Å². The van der Waals surface area contributed by atoms with E-state index < -0.39 is 0 Å². The molecule has 2 nitrogen and oxygen atoms in total. The van der Waals surface area contributed by atoms with Gasteiger partial charge in [-0.2, -0.15) is 11.8 Å². The van der Waals surface area contributed by atoms with Crippen LogP contribution in [-0.2, 0) is 0 Å². The zero-order valence-electron chi connectivity index (χ0n) is 9.03. The maximum Gasteiger partial charge on any atom is 0.251 e. The number of rotatable bonds is 6. The molecule has 0 saturated heterocycles. The molecule has 15 heavy (non-hydrogen) atoms. The third-order valence-corrected chi connectivity index (χ3v) is 2.79. The van der Waals surface area contributed by atoms with Gasteiger partial charge in [0.05, 0.1) is 0 Å². The fraction of sp³-hybridized carbons (Fsp3) is 0.417. The molecule has 1 amide bonds. The Labute approximate surface area is 95.5 Å². The Kier molecular flexibility index (Phi) is 5.93. The number of unbranched alkanes of at least 4 members (excludes halogenated alkanes) is 1. The van der Waals surface area contributed by atoms with Crippen molar-refractivity contribution < 1.29 is 4.79 Å².